The van der Waals surface area contributed by atoms with Crippen LogP contribution in [0.25, 0.3) is 0 Å². The number of nitrogens with two attached hydrogens (primary N) is 1. The van der Waals surface area contributed by atoms with Crippen LogP contribution in [0.3, 0.4) is 0 Å². The second-order valence-electron chi connectivity index (χ2n) is 4.90. The maximum atomic E-state index is 13.6. The first-order valence-corrected chi connectivity index (χ1v) is 8.62. The van der Waals surface area contributed by atoms with Crippen LogP contribution in [0.15, 0.2) is 23.1 Å². The molecule has 114 valence electrons. The molecule has 0 aliphatic carbocycles. The lowest BCUT2D eigenvalue weighted by Crippen LogP contribution is -2.24. The van der Waals surface area contributed by atoms with Gasteiger partial charge in [-0.1, -0.05) is 0 Å². The highest BCUT2D eigenvalue weighted by atomic mass is 32.2. The maximum Gasteiger partial charge on any atom is 0.241 e. The lowest BCUT2D eigenvalue weighted by atomic mass is 10.2. The molecule has 1 heterocycles. The normalized spacial score (nSPS) is 11.8. The van der Waals surface area contributed by atoms with Crippen molar-refractivity contribution in [3.8, 4) is 0 Å². The first-order valence-electron chi connectivity index (χ1n) is 6.32. The Morgan fingerprint density at radius 2 is 1.90 bits per heavy atom. The van der Waals surface area contributed by atoms with E-state index in [1.54, 1.807) is 0 Å². The number of anilines is 1. The van der Waals surface area contributed by atoms with Gasteiger partial charge in [-0.05, 0) is 44.5 Å². The van der Waals surface area contributed by atoms with Gasteiger partial charge in [-0.15, -0.1) is 11.3 Å². The Kier molecular flexibility index (Phi) is 4.36. The zero-order chi connectivity index (χ0) is 15.8. The Hall–Kier alpha value is -1.44. The largest absolute Gasteiger partial charge is 0.399 e. The van der Waals surface area contributed by atoms with Gasteiger partial charge < -0.3 is 5.73 Å². The third-order valence-corrected chi connectivity index (χ3v) is 5.94. The van der Waals surface area contributed by atoms with Crippen molar-refractivity contribution in [3.05, 3.63) is 44.9 Å². The predicted octanol–water partition coefficient (Wildman–Crippen LogP) is 2.87. The summed E-state index contributed by atoms with van der Waals surface area (Å²) >= 11 is 1.54. The van der Waals surface area contributed by atoms with Gasteiger partial charge in [0.15, 0.2) is 0 Å². The number of halogens is 1. The van der Waals surface area contributed by atoms with Crippen molar-refractivity contribution >= 4 is 27.0 Å². The molecule has 0 unspecified atom stereocenters. The zero-order valence-electron chi connectivity index (χ0n) is 12.0. The summed E-state index contributed by atoms with van der Waals surface area (Å²) in [5, 5.41) is 0. The summed E-state index contributed by atoms with van der Waals surface area (Å²) < 4.78 is 40.7. The lowest BCUT2D eigenvalue weighted by Gasteiger charge is -2.10. The summed E-state index contributed by atoms with van der Waals surface area (Å²) in [4.78, 5) is 1.94. The number of hydrogen-bond donors (Lipinski definition) is 2. The molecule has 0 saturated heterocycles. The van der Waals surface area contributed by atoms with Crippen LogP contribution < -0.4 is 10.5 Å². The number of nitrogen functional groups attached to an aromatic ring is 1. The molecule has 7 heteroatoms. The van der Waals surface area contributed by atoms with Crippen molar-refractivity contribution in [1.82, 2.24) is 4.72 Å². The van der Waals surface area contributed by atoms with Crippen LogP contribution in [0.5, 0.6) is 0 Å². The van der Waals surface area contributed by atoms with Gasteiger partial charge in [-0.2, -0.15) is 0 Å². The monoisotopic (exact) mass is 328 g/mol. The first kappa shape index (κ1) is 15.9. The van der Waals surface area contributed by atoms with Crippen LogP contribution >= 0.6 is 11.3 Å². The summed E-state index contributed by atoms with van der Waals surface area (Å²) in [5.74, 6) is -0.627. The third kappa shape index (κ3) is 3.42. The Bertz CT molecular complexity index is 763. The van der Waals surface area contributed by atoms with Crippen LogP contribution in [0, 0.1) is 26.6 Å². The number of aryl methyl sites for hydroxylation is 2. The average molecular weight is 328 g/mol. The minimum Gasteiger partial charge on any atom is -0.399 e. The smallest absolute Gasteiger partial charge is 0.241 e. The molecule has 3 N–H and O–H groups in total. The molecule has 2 aromatic rings. The summed E-state index contributed by atoms with van der Waals surface area (Å²) in [6, 6.07) is 4.32. The van der Waals surface area contributed by atoms with Gasteiger partial charge in [0, 0.05) is 27.5 Å². The van der Waals surface area contributed by atoms with Crippen LogP contribution in [0.1, 0.15) is 20.9 Å². The van der Waals surface area contributed by atoms with E-state index in [0.29, 0.717) is 0 Å². The number of hydrogen-bond acceptors (Lipinski definition) is 4. The molecule has 4 nitrogen and oxygen atoms in total. The molecule has 0 aliphatic rings. The van der Waals surface area contributed by atoms with Crippen LogP contribution in [0.4, 0.5) is 10.1 Å². The van der Waals surface area contributed by atoms with Crippen molar-refractivity contribution in [1.29, 1.82) is 0 Å². The zero-order valence-corrected chi connectivity index (χ0v) is 13.7. The van der Waals surface area contributed by atoms with E-state index < -0.39 is 15.8 Å². The second kappa shape index (κ2) is 5.75. The van der Waals surface area contributed by atoms with Gasteiger partial charge in [-0.25, -0.2) is 17.5 Å². The highest BCUT2D eigenvalue weighted by molar-refractivity contribution is 7.89. The molecule has 1 aromatic carbocycles. The summed E-state index contributed by atoms with van der Waals surface area (Å²) in [5.41, 5.74) is 6.80. The highest BCUT2D eigenvalue weighted by Gasteiger charge is 2.20. The molecular weight excluding hydrogens is 311 g/mol. The van der Waals surface area contributed by atoms with Gasteiger partial charge >= 0.3 is 0 Å². The fourth-order valence-electron chi connectivity index (χ4n) is 1.93. The van der Waals surface area contributed by atoms with Gasteiger partial charge in [0.05, 0.1) is 4.90 Å². The quantitative estimate of drug-likeness (QED) is 0.848. The second-order valence-corrected chi connectivity index (χ2v) is 7.98. The van der Waals surface area contributed by atoms with Gasteiger partial charge in [0.2, 0.25) is 10.0 Å². The van der Waals surface area contributed by atoms with E-state index >= 15 is 0 Å². The van der Waals surface area contributed by atoms with Crippen molar-refractivity contribution in [2.45, 2.75) is 32.2 Å². The molecule has 1 aromatic heterocycles. The number of rotatable bonds is 4. The van der Waals surface area contributed by atoms with E-state index in [4.69, 9.17) is 5.73 Å². The van der Waals surface area contributed by atoms with Crippen molar-refractivity contribution in [3.63, 3.8) is 0 Å². The SMILES string of the molecule is Cc1cc(CNS(=O)(=O)c2cc(N)cc(F)c2C)sc1C. The average Bonchev–Trinajstić information content (AvgIpc) is 2.71. The van der Waals surface area contributed by atoms with Crippen LogP contribution in [-0.4, -0.2) is 8.42 Å². The van der Waals surface area contributed by atoms with E-state index in [0.717, 1.165) is 21.4 Å². The molecule has 21 heavy (non-hydrogen) atoms. The van der Waals surface area contributed by atoms with E-state index in [1.165, 1.54) is 24.3 Å². The summed E-state index contributed by atoms with van der Waals surface area (Å²) in [6.07, 6.45) is 0. The molecule has 0 aliphatic heterocycles. The van der Waals surface area contributed by atoms with Gasteiger partial charge in [0.25, 0.3) is 0 Å². The molecule has 0 spiro atoms. The fraction of sp³-hybridized carbons (Fsp3) is 0.286. The van der Waals surface area contributed by atoms with Crippen molar-refractivity contribution < 1.29 is 12.8 Å². The molecule has 0 bridgehead atoms. The van der Waals surface area contributed by atoms with E-state index in [-0.39, 0.29) is 22.7 Å². The molecule has 0 amide bonds. The first-order chi connectivity index (χ1) is 9.70. The Balaban J connectivity index is 2.27. The van der Waals surface area contributed by atoms with Crippen LogP contribution in [0.2, 0.25) is 0 Å². The van der Waals surface area contributed by atoms with Crippen molar-refractivity contribution in [2.75, 3.05) is 5.73 Å². The molecular formula is C14H17FN2O2S2. The molecule has 0 radical (unpaired) electrons. The maximum absolute atomic E-state index is 13.6. The number of benzene rings is 1. The minimum absolute atomic E-state index is 0.0650. The van der Waals surface area contributed by atoms with Crippen LogP contribution in [-0.2, 0) is 16.6 Å². The molecule has 0 saturated carbocycles. The Morgan fingerprint density at radius 3 is 2.48 bits per heavy atom. The van der Waals surface area contributed by atoms with E-state index in [2.05, 4.69) is 4.72 Å². The molecule has 0 atom stereocenters. The standard InChI is InChI=1S/C14H17FN2O2S2/c1-8-4-12(20-10(8)3)7-17-21(18,19)14-6-11(16)5-13(15)9(14)2/h4-6,17H,7,16H2,1-3H3. The van der Waals surface area contributed by atoms with Gasteiger partial charge in [0.1, 0.15) is 5.82 Å². The molecule has 2 rings (SSSR count). The predicted molar refractivity (Wildman–Crippen MR) is 83.4 cm³/mol. The third-order valence-electron chi connectivity index (χ3n) is 3.26. The summed E-state index contributed by atoms with van der Waals surface area (Å²) in [7, 11) is -3.80. The fourth-order valence-corrected chi connectivity index (χ4v) is 4.31. The van der Waals surface area contributed by atoms with Crippen molar-refractivity contribution in [2.24, 2.45) is 0 Å². The van der Waals surface area contributed by atoms with E-state index in [1.807, 2.05) is 19.9 Å². The Labute approximate surface area is 127 Å². The Morgan fingerprint density at radius 1 is 1.24 bits per heavy atom. The summed E-state index contributed by atoms with van der Waals surface area (Å²) in [6.45, 7) is 5.55. The minimum atomic E-state index is -3.80. The lowest BCUT2D eigenvalue weighted by molar-refractivity contribution is 0.575. The molecule has 0 fully saturated rings. The number of nitrogens with one attached hydrogen (secondary N) is 1. The number of sulfonamides is 1. The highest BCUT2D eigenvalue weighted by Crippen LogP contribution is 2.24. The topological polar surface area (TPSA) is 72.2 Å². The van der Waals surface area contributed by atoms with E-state index in [9.17, 15) is 12.8 Å². The number of thiophene rings is 1. The van der Waals surface area contributed by atoms with Gasteiger partial charge in [-0.3, -0.25) is 0 Å².